The van der Waals surface area contributed by atoms with Crippen LogP contribution in [0.5, 0.6) is 0 Å². The van der Waals surface area contributed by atoms with Crippen LogP contribution >= 0.6 is 11.3 Å². The monoisotopic (exact) mass is 283 g/mol. The molecule has 1 fully saturated rings. The van der Waals surface area contributed by atoms with E-state index in [1.165, 1.54) is 23.4 Å². The molecule has 0 radical (unpaired) electrons. The quantitative estimate of drug-likeness (QED) is 0.834. The zero-order valence-electron chi connectivity index (χ0n) is 12.2. The van der Waals surface area contributed by atoms with Gasteiger partial charge in [0.25, 0.3) is 0 Å². The molecule has 0 spiro atoms. The first-order valence-corrected chi connectivity index (χ1v) is 8.02. The van der Waals surface area contributed by atoms with Crippen LogP contribution < -0.4 is 10.2 Å². The Hall–Kier alpha value is -0.650. The van der Waals surface area contributed by atoms with E-state index in [-0.39, 0.29) is 0 Å². The summed E-state index contributed by atoms with van der Waals surface area (Å²) < 4.78 is 5.70. The molecule has 0 aromatic carbocycles. The zero-order valence-corrected chi connectivity index (χ0v) is 13.1. The van der Waals surface area contributed by atoms with E-state index in [1.807, 2.05) is 18.4 Å². The molecule has 0 aliphatic carbocycles. The summed E-state index contributed by atoms with van der Waals surface area (Å²) in [6, 6.07) is 0. The maximum atomic E-state index is 5.70. The summed E-state index contributed by atoms with van der Waals surface area (Å²) in [6.07, 6.45) is 4.98. The minimum absolute atomic E-state index is 0.385. The molecule has 2 heterocycles. The van der Waals surface area contributed by atoms with Gasteiger partial charge in [0.1, 0.15) is 0 Å². The van der Waals surface area contributed by atoms with E-state index in [4.69, 9.17) is 9.72 Å². The van der Waals surface area contributed by atoms with Gasteiger partial charge in [0.05, 0.1) is 11.8 Å². The van der Waals surface area contributed by atoms with Crippen LogP contribution in [-0.4, -0.2) is 38.3 Å². The molecular formula is C14H25N3OS. The number of nitrogens with one attached hydrogen (secondary N) is 1. The third kappa shape index (κ3) is 3.91. The molecule has 0 bridgehead atoms. The van der Waals surface area contributed by atoms with Gasteiger partial charge >= 0.3 is 0 Å². The molecule has 5 heteroatoms. The Balaban J connectivity index is 2.03. The predicted octanol–water partition coefficient (Wildman–Crippen LogP) is 2.43. The number of hydrogen-bond acceptors (Lipinski definition) is 5. The first kappa shape index (κ1) is 14.8. The van der Waals surface area contributed by atoms with Crippen LogP contribution in [-0.2, 0) is 17.7 Å². The standard InChI is InChI=1S/C14H25N3OS/c1-4-6-12-13(9-15-2)19-14(16-12)17(3)10-11-7-5-8-18-11/h11,15H,4-10H2,1-3H3. The van der Waals surface area contributed by atoms with Gasteiger partial charge in [-0.05, 0) is 26.3 Å². The summed E-state index contributed by atoms with van der Waals surface area (Å²) in [7, 11) is 4.12. The van der Waals surface area contributed by atoms with Gasteiger partial charge in [0.2, 0.25) is 0 Å². The van der Waals surface area contributed by atoms with Gasteiger partial charge in [-0.15, -0.1) is 11.3 Å². The molecule has 1 aliphatic heterocycles. The van der Waals surface area contributed by atoms with Crippen LogP contribution in [0.3, 0.4) is 0 Å². The molecular weight excluding hydrogens is 258 g/mol. The topological polar surface area (TPSA) is 37.4 Å². The van der Waals surface area contributed by atoms with Crippen molar-refractivity contribution in [3.63, 3.8) is 0 Å². The maximum absolute atomic E-state index is 5.70. The number of rotatable bonds is 7. The van der Waals surface area contributed by atoms with Gasteiger partial charge in [-0.2, -0.15) is 0 Å². The highest BCUT2D eigenvalue weighted by Gasteiger charge is 2.20. The Morgan fingerprint density at radius 2 is 2.37 bits per heavy atom. The van der Waals surface area contributed by atoms with Gasteiger partial charge in [-0.3, -0.25) is 0 Å². The molecule has 0 saturated carbocycles. The molecule has 1 aromatic heterocycles. The third-order valence-electron chi connectivity index (χ3n) is 3.42. The first-order chi connectivity index (χ1) is 9.24. The van der Waals surface area contributed by atoms with Crippen LogP contribution in [0, 0.1) is 0 Å². The lowest BCUT2D eigenvalue weighted by Crippen LogP contribution is -2.28. The summed E-state index contributed by atoms with van der Waals surface area (Å²) in [5, 5.41) is 4.36. The second-order valence-corrected chi connectivity index (χ2v) is 6.22. The number of nitrogens with zero attached hydrogens (tertiary/aromatic N) is 2. The highest BCUT2D eigenvalue weighted by molar-refractivity contribution is 7.15. The number of aromatic nitrogens is 1. The SMILES string of the molecule is CCCc1nc(N(C)CC2CCCO2)sc1CNC. The van der Waals surface area contributed by atoms with Crippen molar-refractivity contribution in [2.24, 2.45) is 0 Å². The number of thiazole rings is 1. The first-order valence-electron chi connectivity index (χ1n) is 7.20. The van der Waals surface area contributed by atoms with Gasteiger partial charge in [0.15, 0.2) is 5.13 Å². The molecule has 1 atom stereocenters. The van der Waals surface area contributed by atoms with E-state index < -0.39 is 0 Å². The molecule has 1 aromatic rings. The molecule has 1 unspecified atom stereocenters. The smallest absolute Gasteiger partial charge is 0.185 e. The molecule has 1 N–H and O–H groups in total. The number of likely N-dealkylation sites (N-methyl/N-ethyl adjacent to an activating group) is 1. The molecule has 1 saturated heterocycles. The van der Waals surface area contributed by atoms with E-state index in [9.17, 15) is 0 Å². The largest absolute Gasteiger partial charge is 0.376 e. The van der Waals surface area contributed by atoms with E-state index >= 15 is 0 Å². The highest BCUT2D eigenvalue weighted by atomic mass is 32.1. The Morgan fingerprint density at radius 3 is 3.00 bits per heavy atom. The van der Waals surface area contributed by atoms with Crippen molar-refractivity contribution in [3.05, 3.63) is 10.6 Å². The Labute approximate surface area is 120 Å². The molecule has 0 amide bonds. The molecule has 108 valence electrons. The lowest BCUT2D eigenvalue weighted by Gasteiger charge is -2.19. The summed E-state index contributed by atoms with van der Waals surface area (Å²) in [4.78, 5) is 8.43. The zero-order chi connectivity index (χ0) is 13.7. The van der Waals surface area contributed by atoms with Crippen molar-refractivity contribution in [2.75, 3.05) is 32.1 Å². The average Bonchev–Trinajstić information content (AvgIpc) is 3.01. The van der Waals surface area contributed by atoms with Crippen molar-refractivity contribution >= 4 is 16.5 Å². The normalized spacial score (nSPS) is 19.0. The van der Waals surface area contributed by atoms with Crippen LogP contribution in [0.1, 0.15) is 36.8 Å². The van der Waals surface area contributed by atoms with Crippen molar-refractivity contribution in [3.8, 4) is 0 Å². The lowest BCUT2D eigenvalue weighted by atomic mass is 10.2. The minimum atomic E-state index is 0.385. The summed E-state index contributed by atoms with van der Waals surface area (Å²) in [5.41, 5.74) is 1.26. The summed E-state index contributed by atoms with van der Waals surface area (Å²) in [6.45, 7) is 5.00. The van der Waals surface area contributed by atoms with Gasteiger partial charge in [0, 0.05) is 31.6 Å². The van der Waals surface area contributed by atoms with Crippen LogP contribution in [0.25, 0.3) is 0 Å². The van der Waals surface area contributed by atoms with Crippen LogP contribution in [0.2, 0.25) is 0 Å². The van der Waals surface area contributed by atoms with Crippen molar-refractivity contribution in [1.82, 2.24) is 10.3 Å². The fraction of sp³-hybridized carbons (Fsp3) is 0.786. The summed E-state index contributed by atoms with van der Waals surface area (Å²) in [5.74, 6) is 0. The van der Waals surface area contributed by atoms with Crippen molar-refractivity contribution < 1.29 is 4.74 Å². The van der Waals surface area contributed by atoms with Gasteiger partial charge in [-0.25, -0.2) is 4.98 Å². The summed E-state index contributed by atoms with van der Waals surface area (Å²) >= 11 is 1.81. The lowest BCUT2D eigenvalue weighted by molar-refractivity contribution is 0.116. The molecule has 2 rings (SSSR count). The van der Waals surface area contributed by atoms with E-state index in [0.717, 1.165) is 37.7 Å². The number of anilines is 1. The minimum Gasteiger partial charge on any atom is -0.376 e. The van der Waals surface area contributed by atoms with Gasteiger partial charge in [-0.1, -0.05) is 13.3 Å². The Morgan fingerprint density at radius 1 is 1.53 bits per heavy atom. The predicted molar refractivity (Wildman–Crippen MR) is 81.1 cm³/mol. The fourth-order valence-corrected chi connectivity index (χ4v) is 3.52. The van der Waals surface area contributed by atoms with E-state index in [1.54, 1.807) is 0 Å². The molecule has 1 aliphatic rings. The number of ether oxygens (including phenoxy) is 1. The van der Waals surface area contributed by atoms with E-state index in [2.05, 4.69) is 24.2 Å². The van der Waals surface area contributed by atoms with Crippen molar-refractivity contribution in [1.29, 1.82) is 0 Å². The van der Waals surface area contributed by atoms with Crippen LogP contribution in [0.4, 0.5) is 5.13 Å². The van der Waals surface area contributed by atoms with Crippen LogP contribution in [0.15, 0.2) is 0 Å². The molecule has 19 heavy (non-hydrogen) atoms. The maximum Gasteiger partial charge on any atom is 0.185 e. The number of aryl methyl sites for hydroxylation is 1. The van der Waals surface area contributed by atoms with Crippen molar-refractivity contribution in [2.45, 2.75) is 45.3 Å². The second-order valence-electron chi connectivity index (χ2n) is 5.16. The second kappa shape index (κ2) is 7.22. The van der Waals surface area contributed by atoms with Gasteiger partial charge < -0.3 is 15.0 Å². The third-order valence-corrected chi connectivity index (χ3v) is 4.63. The molecule has 4 nitrogen and oxygen atoms in total. The Kier molecular flexibility index (Phi) is 5.60. The fourth-order valence-electron chi connectivity index (χ4n) is 2.44. The highest BCUT2D eigenvalue weighted by Crippen LogP contribution is 2.27. The Bertz CT molecular complexity index is 365. The average molecular weight is 283 g/mol. The van der Waals surface area contributed by atoms with E-state index in [0.29, 0.717) is 6.10 Å². The number of hydrogen-bond donors (Lipinski definition) is 1.